The van der Waals surface area contributed by atoms with Gasteiger partial charge >= 0.3 is 5.97 Å². The molecule has 1 heterocycles. The molecule has 0 amide bonds. The molecule has 2 aromatic rings. The number of anilines is 1. The van der Waals surface area contributed by atoms with Crippen molar-refractivity contribution in [3.8, 4) is 17.1 Å². The monoisotopic (exact) mass is 301 g/mol. The van der Waals surface area contributed by atoms with Crippen molar-refractivity contribution in [1.82, 2.24) is 9.97 Å². The molecule has 22 heavy (non-hydrogen) atoms. The van der Waals surface area contributed by atoms with Gasteiger partial charge in [-0.1, -0.05) is 6.92 Å². The maximum absolute atomic E-state index is 11.2. The van der Waals surface area contributed by atoms with E-state index in [-0.39, 0.29) is 5.69 Å². The van der Waals surface area contributed by atoms with E-state index in [1.165, 1.54) is 6.07 Å². The molecule has 6 heteroatoms. The first-order chi connectivity index (χ1) is 10.6. The summed E-state index contributed by atoms with van der Waals surface area (Å²) in [5.41, 5.74) is 0.707. The number of aromatic nitrogens is 2. The summed E-state index contributed by atoms with van der Waals surface area (Å²) < 4.78 is 5.52. The molecule has 0 spiro atoms. The number of benzene rings is 1. The average Bonchev–Trinajstić information content (AvgIpc) is 2.53. The van der Waals surface area contributed by atoms with Crippen LogP contribution in [-0.4, -0.2) is 34.2 Å². The molecule has 0 aliphatic rings. The van der Waals surface area contributed by atoms with E-state index in [2.05, 4.69) is 15.3 Å². The third kappa shape index (κ3) is 3.94. The van der Waals surface area contributed by atoms with E-state index in [1.807, 2.05) is 38.1 Å². The summed E-state index contributed by atoms with van der Waals surface area (Å²) in [5.74, 6) is 0.562. The summed E-state index contributed by atoms with van der Waals surface area (Å²) in [7, 11) is 0. The number of carboxylic acids is 1. The molecule has 1 aromatic carbocycles. The standard InChI is InChI=1S/C16H19N3O3/c1-3-9-22-12-7-5-11(6-8-12)15-18-13(16(20)21)10-14(19-15)17-4-2/h5-8,10H,3-4,9H2,1-2H3,(H,20,21)(H,17,18,19). The molecule has 116 valence electrons. The fourth-order valence-electron chi connectivity index (χ4n) is 1.88. The maximum Gasteiger partial charge on any atom is 0.354 e. The molecule has 0 saturated heterocycles. The Morgan fingerprint density at radius 2 is 1.95 bits per heavy atom. The van der Waals surface area contributed by atoms with Gasteiger partial charge in [-0.2, -0.15) is 0 Å². The van der Waals surface area contributed by atoms with Crippen LogP contribution in [0, 0.1) is 0 Å². The van der Waals surface area contributed by atoms with Gasteiger partial charge in [0.15, 0.2) is 11.5 Å². The normalized spacial score (nSPS) is 10.3. The van der Waals surface area contributed by atoms with Gasteiger partial charge in [0.25, 0.3) is 0 Å². The molecule has 6 nitrogen and oxygen atoms in total. The average molecular weight is 301 g/mol. The Bertz CT molecular complexity index is 642. The van der Waals surface area contributed by atoms with E-state index in [4.69, 9.17) is 9.84 Å². The Kier molecular flexibility index (Phi) is 5.30. The second-order valence-corrected chi connectivity index (χ2v) is 4.67. The summed E-state index contributed by atoms with van der Waals surface area (Å²) in [5, 5.41) is 12.2. The van der Waals surface area contributed by atoms with Crippen molar-refractivity contribution >= 4 is 11.8 Å². The summed E-state index contributed by atoms with van der Waals surface area (Å²) in [4.78, 5) is 19.6. The lowest BCUT2D eigenvalue weighted by atomic mass is 10.2. The van der Waals surface area contributed by atoms with Crippen LogP contribution in [0.3, 0.4) is 0 Å². The van der Waals surface area contributed by atoms with Gasteiger partial charge in [-0.05, 0) is 37.6 Å². The highest BCUT2D eigenvalue weighted by atomic mass is 16.5. The quantitative estimate of drug-likeness (QED) is 0.817. The highest BCUT2D eigenvalue weighted by molar-refractivity contribution is 5.87. The van der Waals surface area contributed by atoms with Crippen LogP contribution in [0.5, 0.6) is 5.75 Å². The first-order valence-electron chi connectivity index (χ1n) is 7.23. The van der Waals surface area contributed by atoms with Gasteiger partial charge in [0, 0.05) is 18.2 Å². The van der Waals surface area contributed by atoms with Gasteiger partial charge in [-0.25, -0.2) is 14.8 Å². The minimum absolute atomic E-state index is 0.0349. The van der Waals surface area contributed by atoms with Gasteiger partial charge < -0.3 is 15.2 Å². The van der Waals surface area contributed by atoms with Gasteiger partial charge in [0.2, 0.25) is 0 Å². The first-order valence-corrected chi connectivity index (χ1v) is 7.23. The van der Waals surface area contributed by atoms with Crippen molar-refractivity contribution in [3.05, 3.63) is 36.0 Å². The fourth-order valence-corrected chi connectivity index (χ4v) is 1.88. The third-order valence-electron chi connectivity index (χ3n) is 2.89. The number of aromatic carboxylic acids is 1. The van der Waals surface area contributed by atoms with Crippen molar-refractivity contribution in [1.29, 1.82) is 0 Å². The molecule has 0 fully saturated rings. The molecule has 0 unspecified atom stereocenters. The highest BCUT2D eigenvalue weighted by Crippen LogP contribution is 2.21. The van der Waals surface area contributed by atoms with Crippen LogP contribution in [0.1, 0.15) is 30.8 Å². The fraction of sp³-hybridized carbons (Fsp3) is 0.312. The Labute approximate surface area is 129 Å². The lowest BCUT2D eigenvalue weighted by Crippen LogP contribution is -2.07. The number of hydrogen-bond acceptors (Lipinski definition) is 5. The molecular formula is C16H19N3O3. The van der Waals surface area contributed by atoms with Crippen LogP contribution < -0.4 is 10.1 Å². The zero-order valence-corrected chi connectivity index (χ0v) is 12.7. The minimum atomic E-state index is -1.08. The van der Waals surface area contributed by atoms with Gasteiger partial charge in [0.1, 0.15) is 11.6 Å². The number of carbonyl (C=O) groups is 1. The Morgan fingerprint density at radius 3 is 2.55 bits per heavy atom. The molecule has 2 N–H and O–H groups in total. The van der Waals surface area contributed by atoms with Gasteiger partial charge in [-0.3, -0.25) is 0 Å². The zero-order chi connectivity index (χ0) is 15.9. The van der Waals surface area contributed by atoms with Crippen LogP contribution in [0.15, 0.2) is 30.3 Å². The molecule has 2 rings (SSSR count). The number of carboxylic acid groups (broad SMARTS) is 1. The van der Waals surface area contributed by atoms with Crippen molar-refractivity contribution in [2.45, 2.75) is 20.3 Å². The van der Waals surface area contributed by atoms with Crippen LogP contribution in [0.25, 0.3) is 11.4 Å². The van der Waals surface area contributed by atoms with E-state index in [0.29, 0.717) is 24.8 Å². The smallest absolute Gasteiger partial charge is 0.354 e. The van der Waals surface area contributed by atoms with E-state index < -0.39 is 5.97 Å². The van der Waals surface area contributed by atoms with Crippen LogP contribution in [0.4, 0.5) is 5.82 Å². The van der Waals surface area contributed by atoms with Crippen LogP contribution in [0.2, 0.25) is 0 Å². The van der Waals surface area contributed by atoms with Gasteiger partial charge in [0.05, 0.1) is 6.61 Å². The second kappa shape index (κ2) is 7.40. The molecule has 0 aliphatic carbocycles. The predicted octanol–water partition coefficient (Wildman–Crippen LogP) is 3.06. The number of rotatable bonds is 7. The van der Waals surface area contributed by atoms with E-state index >= 15 is 0 Å². The Morgan fingerprint density at radius 1 is 1.23 bits per heavy atom. The van der Waals surface area contributed by atoms with E-state index in [9.17, 15) is 4.79 Å². The van der Waals surface area contributed by atoms with Crippen molar-refractivity contribution in [2.75, 3.05) is 18.5 Å². The van der Waals surface area contributed by atoms with E-state index in [1.54, 1.807) is 0 Å². The highest BCUT2D eigenvalue weighted by Gasteiger charge is 2.11. The topological polar surface area (TPSA) is 84.3 Å². The first kappa shape index (κ1) is 15.8. The molecule has 0 aliphatic heterocycles. The molecule has 1 aromatic heterocycles. The lowest BCUT2D eigenvalue weighted by molar-refractivity contribution is 0.0690. The summed E-state index contributed by atoms with van der Waals surface area (Å²) >= 11 is 0. The number of ether oxygens (including phenoxy) is 1. The van der Waals surface area contributed by atoms with Crippen molar-refractivity contribution < 1.29 is 14.6 Å². The molecule has 0 radical (unpaired) electrons. The number of nitrogens with one attached hydrogen (secondary N) is 1. The second-order valence-electron chi connectivity index (χ2n) is 4.67. The van der Waals surface area contributed by atoms with Crippen molar-refractivity contribution in [2.24, 2.45) is 0 Å². The minimum Gasteiger partial charge on any atom is -0.494 e. The van der Waals surface area contributed by atoms with Gasteiger partial charge in [-0.15, -0.1) is 0 Å². The largest absolute Gasteiger partial charge is 0.494 e. The van der Waals surface area contributed by atoms with Crippen molar-refractivity contribution in [3.63, 3.8) is 0 Å². The van der Waals surface area contributed by atoms with Crippen LogP contribution in [-0.2, 0) is 0 Å². The number of hydrogen-bond donors (Lipinski definition) is 2. The molecule has 0 bridgehead atoms. The third-order valence-corrected chi connectivity index (χ3v) is 2.89. The van der Waals surface area contributed by atoms with Crippen LogP contribution >= 0.6 is 0 Å². The summed E-state index contributed by atoms with van der Waals surface area (Å²) in [6, 6.07) is 8.72. The van der Waals surface area contributed by atoms with E-state index in [0.717, 1.165) is 17.7 Å². The number of nitrogens with zero attached hydrogens (tertiary/aromatic N) is 2. The lowest BCUT2D eigenvalue weighted by Gasteiger charge is -2.08. The molecule has 0 saturated carbocycles. The molecular weight excluding hydrogens is 282 g/mol. The summed E-state index contributed by atoms with van der Waals surface area (Å²) in [6.45, 7) is 5.28. The zero-order valence-electron chi connectivity index (χ0n) is 12.7. The Hall–Kier alpha value is -2.63. The summed E-state index contributed by atoms with van der Waals surface area (Å²) in [6.07, 6.45) is 0.942. The SMILES string of the molecule is CCCOc1ccc(-c2nc(NCC)cc(C(=O)O)n2)cc1. The molecule has 0 atom stereocenters. The maximum atomic E-state index is 11.2. The Balaban J connectivity index is 2.32. The predicted molar refractivity (Wildman–Crippen MR) is 84.4 cm³/mol.